The van der Waals surface area contributed by atoms with E-state index in [-0.39, 0.29) is 0 Å². The number of furan rings is 1. The fourth-order valence-corrected chi connectivity index (χ4v) is 1.81. The zero-order valence-electron chi connectivity index (χ0n) is 11.6. The molecule has 2 aromatic rings. The van der Waals surface area contributed by atoms with Crippen LogP contribution in [0.5, 0.6) is 0 Å². The van der Waals surface area contributed by atoms with E-state index in [4.69, 9.17) is 8.83 Å². The van der Waals surface area contributed by atoms with Gasteiger partial charge in [-0.3, -0.25) is 0 Å². The summed E-state index contributed by atoms with van der Waals surface area (Å²) in [5.41, 5.74) is 0. The van der Waals surface area contributed by atoms with Crippen LogP contribution in [0.3, 0.4) is 0 Å². The van der Waals surface area contributed by atoms with E-state index in [1.54, 1.807) is 6.26 Å². The Morgan fingerprint density at radius 2 is 1.95 bits per heavy atom. The van der Waals surface area contributed by atoms with Gasteiger partial charge < -0.3 is 14.2 Å². The predicted octanol–water partition coefficient (Wildman–Crippen LogP) is 2.38. The van der Waals surface area contributed by atoms with Gasteiger partial charge in [-0.2, -0.15) is 0 Å². The minimum atomic E-state index is 0.520. The molecular formula is C14H21N3O2. The molecule has 0 aliphatic carbocycles. The second-order valence-corrected chi connectivity index (χ2v) is 4.88. The Bertz CT molecular complexity index is 463. The van der Waals surface area contributed by atoms with Crippen molar-refractivity contribution < 1.29 is 8.83 Å². The number of aryl methyl sites for hydroxylation is 3. The molecule has 0 aliphatic heterocycles. The number of hydrogen-bond acceptors (Lipinski definition) is 5. The van der Waals surface area contributed by atoms with Crippen molar-refractivity contribution >= 4 is 0 Å². The van der Waals surface area contributed by atoms with Crippen LogP contribution in [0, 0.1) is 0 Å². The standard InChI is InChI=1S/C14H21N3O2/c1-11(2)15-9-3-6-13-16-17-14(19-13)8-7-12-5-4-10-18-12/h4-5,10-11,15H,3,6-9H2,1-2H3. The van der Waals surface area contributed by atoms with Crippen molar-refractivity contribution in [2.45, 2.75) is 45.6 Å². The summed E-state index contributed by atoms with van der Waals surface area (Å²) in [7, 11) is 0. The maximum atomic E-state index is 5.60. The van der Waals surface area contributed by atoms with Crippen molar-refractivity contribution in [2.75, 3.05) is 6.54 Å². The normalized spacial score (nSPS) is 11.3. The van der Waals surface area contributed by atoms with Gasteiger partial charge in [0.1, 0.15) is 5.76 Å². The van der Waals surface area contributed by atoms with Gasteiger partial charge in [-0.25, -0.2) is 0 Å². The number of hydrogen-bond donors (Lipinski definition) is 1. The van der Waals surface area contributed by atoms with Crippen LogP contribution in [-0.2, 0) is 19.3 Å². The molecule has 19 heavy (non-hydrogen) atoms. The van der Waals surface area contributed by atoms with Gasteiger partial charge >= 0.3 is 0 Å². The van der Waals surface area contributed by atoms with E-state index in [9.17, 15) is 0 Å². The van der Waals surface area contributed by atoms with Gasteiger partial charge in [0, 0.05) is 25.3 Å². The molecule has 0 radical (unpaired) electrons. The molecule has 2 aromatic heterocycles. The van der Waals surface area contributed by atoms with Crippen molar-refractivity contribution in [2.24, 2.45) is 0 Å². The van der Waals surface area contributed by atoms with E-state index in [0.29, 0.717) is 11.9 Å². The second kappa shape index (κ2) is 7.09. The van der Waals surface area contributed by atoms with Gasteiger partial charge in [-0.15, -0.1) is 10.2 Å². The SMILES string of the molecule is CC(C)NCCCc1nnc(CCc2ccco2)o1. The van der Waals surface area contributed by atoms with Crippen LogP contribution in [0.4, 0.5) is 0 Å². The van der Waals surface area contributed by atoms with E-state index < -0.39 is 0 Å². The quantitative estimate of drug-likeness (QED) is 0.741. The summed E-state index contributed by atoms with van der Waals surface area (Å²) in [6.07, 6.45) is 5.04. The molecule has 5 heteroatoms. The highest BCUT2D eigenvalue weighted by atomic mass is 16.4. The zero-order valence-corrected chi connectivity index (χ0v) is 11.6. The van der Waals surface area contributed by atoms with Gasteiger partial charge in [0.25, 0.3) is 0 Å². The van der Waals surface area contributed by atoms with Crippen LogP contribution in [0.2, 0.25) is 0 Å². The molecule has 104 valence electrons. The molecule has 5 nitrogen and oxygen atoms in total. The Kier molecular flexibility index (Phi) is 5.15. The van der Waals surface area contributed by atoms with Crippen molar-refractivity contribution in [3.63, 3.8) is 0 Å². The summed E-state index contributed by atoms with van der Waals surface area (Å²) >= 11 is 0. The van der Waals surface area contributed by atoms with Crippen LogP contribution < -0.4 is 5.32 Å². The molecule has 0 atom stereocenters. The van der Waals surface area contributed by atoms with Crippen LogP contribution >= 0.6 is 0 Å². The minimum Gasteiger partial charge on any atom is -0.469 e. The molecule has 0 saturated carbocycles. The fraction of sp³-hybridized carbons (Fsp3) is 0.571. The van der Waals surface area contributed by atoms with Crippen molar-refractivity contribution in [3.05, 3.63) is 35.9 Å². The van der Waals surface area contributed by atoms with Gasteiger partial charge in [0.15, 0.2) is 0 Å². The maximum Gasteiger partial charge on any atom is 0.217 e. The number of aromatic nitrogens is 2. The molecule has 0 aromatic carbocycles. The Morgan fingerprint density at radius 1 is 1.16 bits per heavy atom. The molecule has 2 heterocycles. The van der Waals surface area contributed by atoms with Gasteiger partial charge in [0.2, 0.25) is 11.8 Å². The number of nitrogens with zero attached hydrogens (tertiary/aromatic N) is 2. The molecule has 0 fully saturated rings. The first kappa shape index (κ1) is 13.8. The van der Waals surface area contributed by atoms with Crippen LogP contribution in [0.15, 0.2) is 27.2 Å². The van der Waals surface area contributed by atoms with Crippen molar-refractivity contribution in [3.8, 4) is 0 Å². The van der Waals surface area contributed by atoms with Crippen LogP contribution in [0.25, 0.3) is 0 Å². The molecule has 1 N–H and O–H groups in total. The average Bonchev–Trinajstić information content (AvgIpc) is 3.03. The van der Waals surface area contributed by atoms with E-state index in [2.05, 4.69) is 29.4 Å². The Labute approximate surface area is 113 Å². The molecule has 0 saturated heterocycles. The van der Waals surface area contributed by atoms with Gasteiger partial charge in [-0.05, 0) is 25.1 Å². The van der Waals surface area contributed by atoms with E-state index in [1.165, 1.54) is 0 Å². The summed E-state index contributed by atoms with van der Waals surface area (Å²) in [6.45, 7) is 5.25. The molecule has 0 bridgehead atoms. The van der Waals surface area contributed by atoms with Crippen molar-refractivity contribution in [1.82, 2.24) is 15.5 Å². The lowest BCUT2D eigenvalue weighted by atomic mass is 10.2. The molecule has 0 amide bonds. The highest BCUT2D eigenvalue weighted by molar-refractivity contribution is 4.99. The van der Waals surface area contributed by atoms with E-state index >= 15 is 0 Å². The smallest absolute Gasteiger partial charge is 0.217 e. The third-order valence-corrected chi connectivity index (χ3v) is 2.79. The minimum absolute atomic E-state index is 0.520. The molecule has 0 unspecified atom stereocenters. The summed E-state index contributed by atoms with van der Waals surface area (Å²) in [6, 6.07) is 4.36. The fourth-order valence-electron chi connectivity index (χ4n) is 1.81. The summed E-state index contributed by atoms with van der Waals surface area (Å²) in [5, 5.41) is 11.5. The third-order valence-electron chi connectivity index (χ3n) is 2.79. The van der Waals surface area contributed by atoms with Gasteiger partial charge in [-0.1, -0.05) is 13.8 Å². The number of nitrogens with one attached hydrogen (secondary N) is 1. The Morgan fingerprint density at radius 3 is 2.63 bits per heavy atom. The van der Waals surface area contributed by atoms with E-state index in [1.807, 2.05) is 12.1 Å². The number of rotatable bonds is 8. The zero-order chi connectivity index (χ0) is 13.5. The Hall–Kier alpha value is -1.62. The van der Waals surface area contributed by atoms with Crippen molar-refractivity contribution in [1.29, 1.82) is 0 Å². The monoisotopic (exact) mass is 263 g/mol. The van der Waals surface area contributed by atoms with Gasteiger partial charge in [0.05, 0.1) is 6.26 Å². The molecule has 0 spiro atoms. The Balaban J connectivity index is 1.69. The predicted molar refractivity (Wildman–Crippen MR) is 71.9 cm³/mol. The summed E-state index contributed by atoms with van der Waals surface area (Å²) in [5.74, 6) is 2.35. The first-order chi connectivity index (χ1) is 9.24. The lowest BCUT2D eigenvalue weighted by molar-refractivity contribution is 0.429. The molecular weight excluding hydrogens is 242 g/mol. The highest BCUT2D eigenvalue weighted by Crippen LogP contribution is 2.08. The van der Waals surface area contributed by atoms with E-state index in [0.717, 1.165) is 43.9 Å². The lowest BCUT2D eigenvalue weighted by Crippen LogP contribution is -2.23. The van der Waals surface area contributed by atoms with Crippen LogP contribution in [0.1, 0.15) is 37.8 Å². The summed E-state index contributed by atoms with van der Waals surface area (Å²) in [4.78, 5) is 0. The first-order valence-corrected chi connectivity index (χ1v) is 6.81. The van der Waals surface area contributed by atoms with Crippen LogP contribution in [-0.4, -0.2) is 22.8 Å². The molecule has 2 rings (SSSR count). The largest absolute Gasteiger partial charge is 0.469 e. The lowest BCUT2D eigenvalue weighted by Gasteiger charge is -2.05. The maximum absolute atomic E-state index is 5.60. The second-order valence-electron chi connectivity index (χ2n) is 4.88. The first-order valence-electron chi connectivity index (χ1n) is 6.81. The summed E-state index contributed by atoms with van der Waals surface area (Å²) < 4.78 is 10.9. The topological polar surface area (TPSA) is 64.1 Å². The average molecular weight is 263 g/mol. The molecule has 0 aliphatic rings. The highest BCUT2D eigenvalue weighted by Gasteiger charge is 2.07. The third kappa shape index (κ3) is 4.87.